The molecule has 0 fully saturated rings. The fourth-order valence-electron chi connectivity index (χ4n) is 4.96. The normalized spacial score (nSPS) is 11.4. The third-order valence-corrected chi connectivity index (χ3v) is 7.82. The molecule has 2 rings (SSSR count). The molecule has 0 saturated carbocycles. The molecule has 0 aliphatic carbocycles. The molecule has 5 amide bonds. The Morgan fingerprint density at radius 3 is 1.70 bits per heavy atom. The Morgan fingerprint density at radius 1 is 0.556 bits per heavy atom. The number of rotatable bonds is 31. The molecule has 15 heteroatoms. The van der Waals surface area contributed by atoms with Gasteiger partial charge in [-0.05, 0) is 48.8 Å². The van der Waals surface area contributed by atoms with Gasteiger partial charge in [0.1, 0.15) is 19.3 Å². The molecule has 0 radical (unpaired) electrons. The van der Waals surface area contributed by atoms with Gasteiger partial charge in [0.25, 0.3) is 0 Å². The van der Waals surface area contributed by atoms with E-state index < -0.39 is 35.6 Å². The van der Waals surface area contributed by atoms with Crippen molar-refractivity contribution in [3.05, 3.63) is 71.3 Å². The van der Waals surface area contributed by atoms with Gasteiger partial charge in [0, 0.05) is 33.7 Å². The maximum atomic E-state index is 13.0. The summed E-state index contributed by atoms with van der Waals surface area (Å²) in [6.45, 7) is 2.13. The number of unbranched alkanes of at least 4 members (excludes halogenated alkanes) is 1. The van der Waals surface area contributed by atoms with Crippen molar-refractivity contribution in [3.8, 4) is 0 Å². The van der Waals surface area contributed by atoms with Crippen LogP contribution in [0.1, 0.15) is 42.4 Å². The minimum Gasteiger partial charge on any atom is -0.382 e. The van der Waals surface area contributed by atoms with Gasteiger partial charge >= 0.3 is 0 Å². The number of hydrogen-bond donors (Lipinski definition) is 4. The van der Waals surface area contributed by atoms with Crippen LogP contribution in [-0.4, -0.2) is 129 Å². The third kappa shape index (κ3) is 23.4. The van der Waals surface area contributed by atoms with E-state index in [1.165, 1.54) is 11.1 Å². The van der Waals surface area contributed by atoms with Crippen molar-refractivity contribution in [1.82, 2.24) is 21.3 Å². The molecule has 0 spiro atoms. The van der Waals surface area contributed by atoms with E-state index in [0.717, 1.165) is 31.2 Å². The van der Waals surface area contributed by atoms with E-state index in [4.69, 9.17) is 28.4 Å². The fourth-order valence-corrected chi connectivity index (χ4v) is 4.96. The van der Waals surface area contributed by atoms with Crippen molar-refractivity contribution in [2.45, 2.75) is 51.0 Å². The summed E-state index contributed by atoms with van der Waals surface area (Å²) < 4.78 is 30.9. The molecule has 1 atom stereocenters. The summed E-state index contributed by atoms with van der Waals surface area (Å²) in [5.74, 6) is -2.51. The van der Waals surface area contributed by atoms with Gasteiger partial charge in [-0.15, -0.1) is 0 Å². The van der Waals surface area contributed by atoms with E-state index in [1.54, 1.807) is 14.2 Å². The smallest absolute Gasteiger partial charge is 0.246 e. The van der Waals surface area contributed by atoms with Crippen molar-refractivity contribution >= 4 is 29.5 Å². The summed E-state index contributed by atoms with van der Waals surface area (Å²) in [5.41, 5.74) is 3.31. The second-order valence-electron chi connectivity index (χ2n) is 12.3. The zero-order valence-corrected chi connectivity index (χ0v) is 31.7. The summed E-state index contributed by atoms with van der Waals surface area (Å²) >= 11 is 0. The number of imide groups is 1. The van der Waals surface area contributed by atoms with Crippen molar-refractivity contribution < 1.29 is 52.4 Å². The molecule has 2 aromatic rings. The number of benzene rings is 2. The maximum absolute atomic E-state index is 13.0. The molecule has 15 nitrogen and oxygen atoms in total. The largest absolute Gasteiger partial charge is 0.382 e. The van der Waals surface area contributed by atoms with Gasteiger partial charge in [0.15, 0.2) is 0 Å². The number of nitrogens with one attached hydrogen (secondary N) is 4. The van der Waals surface area contributed by atoms with E-state index in [2.05, 4.69) is 45.5 Å². The Balaban J connectivity index is 1.72. The van der Waals surface area contributed by atoms with Gasteiger partial charge in [-0.25, -0.2) is 0 Å². The summed E-state index contributed by atoms with van der Waals surface area (Å²) in [5, 5.41) is 10.2. The summed E-state index contributed by atoms with van der Waals surface area (Å²) in [7, 11) is 3.13. The van der Waals surface area contributed by atoms with Crippen LogP contribution in [0.3, 0.4) is 0 Å². The monoisotopic (exact) mass is 758 g/mol. The van der Waals surface area contributed by atoms with E-state index >= 15 is 0 Å². The molecule has 0 heterocycles. The Morgan fingerprint density at radius 2 is 1.09 bits per heavy atom. The van der Waals surface area contributed by atoms with Crippen molar-refractivity contribution in [2.75, 3.05) is 93.4 Å². The number of amides is 5. The number of methoxy groups -OCH3 is 2. The van der Waals surface area contributed by atoms with Crippen LogP contribution in [0, 0.1) is 0 Å². The quantitative estimate of drug-likeness (QED) is 0.0812. The van der Waals surface area contributed by atoms with Crippen LogP contribution in [0.25, 0.3) is 0 Å². The lowest BCUT2D eigenvalue weighted by Crippen LogP contribution is -2.50. The lowest BCUT2D eigenvalue weighted by molar-refractivity contribution is -0.133. The van der Waals surface area contributed by atoms with Gasteiger partial charge in [-0.1, -0.05) is 54.6 Å². The average Bonchev–Trinajstić information content (AvgIpc) is 3.16. The Bertz CT molecular complexity index is 1350. The van der Waals surface area contributed by atoms with Crippen molar-refractivity contribution in [3.63, 3.8) is 0 Å². The predicted octanol–water partition coefficient (Wildman–Crippen LogP) is 1.29. The molecule has 2 aromatic carbocycles. The van der Waals surface area contributed by atoms with Crippen LogP contribution in [0.5, 0.6) is 0 Å². The van der Waals surface area contributed by atoms with Crippen molar-refractivity contribution in [1.29, 1.82) is 0 Å². The number of carbonyl (C=O) groups excluding carboxylic acids is 5. The summed E-state index contributed by atoms with van der Waals surface area (Å²) in [4.78, 5) is 62.7. The van der Waals surface area contributed by atoms with E-state index in [0.29, 0.717) is 33.0 Å². The van der Waals surface area contributed by atoms with Crippen LogP contribution < -0.4 is 21.3 Å². The molecule has 0 aliphatic heterocycles. The lowest BCUT2D eigenvalue weighted by Gasteiger charge is -2.19. The average molecular weight is 759 g/mol. The van der Waals surface area contributed by atoms with Crippen LogP contribution >= 0.6 is 0 Å². The highest BCUT2D eigenvalue weighted by Crippen LogP contribution is 2.11. The first kappa shape index (κ1) is 45.9. The molecule has 300 valence electrons. The van der Waals surface area contributed by atoms with E-state index in [9.17, 15) is 24.0 Å². The highest BCUT2D eigenvalue weighted by molar-refractivity contribution is 5.96. The van der Waals surface area contributed by atoms with Gasteiger partial charge in [0.2, 0.25) is 29.5 Å². The topological polar surface area (TPSA) is 189 Å². The lowest BCUT2D eigenvalue weighted by atomic mass is 10.0. The zero-order chi connectivity index (χ0) is 39.1. The van der Waals surface area contributed by atoms with Crippen LogP contribution in [0.2, 0.25) is 0 Å². The minimum atomic E-state index is -1.04. The van der Waals surface area contributed by atoms with Crippen LogP contribution in [-0.2, 0) is 71.7 Å². The number of carbonyl (C=O) groups is 5. The number of hydrogen-bond acceptors (Lipinski definition) is 11. The fraction of sp³-hybridized carbons (Fsp3) is 0.564. The summed E-state index contributed by atoms with van der Waals surface area (Å²) in [6, 6.07) is 17.1. The first-order valence-electron chi connectivity index (χ1n) is 18.4. The second kappa shape index (κ2) is 30.1. The summed E-state index contributed by atoms with van der Waals surface area (Å²) in [6.07, 6.45) is 4.09. The molecule has 0 aromatic heterocycles. The van der Waals surface area contributed by atoms with Gasteiger partial charge in [0.05, 0.1) is 59.3 Å². The predicted molar refractivity (Wildman–Crippen MR) is 201 cm³/mol. The first-order chi connectivity index (χ1) is 26.3. The van der Waals surface area contributed by atoms with E-state index in [1.807, 2.05) is 30.3 Å². The molecular formula is C39H58N4O11. The second-order valence-corrected chi connectivity index (χ2v) is 12.3. The molecule has 0 saturated heterocycles. The molecule has 54 heavy (non-hydrogen) atoms. The number of ether oxygens (including phenoxy) is 6. The molecule has 0 bridgehead atoms. The van der Waals surface area contributed by atoms with E-state index in [-0.39, 0.29) is 65.4 Å². The molecule has 4 N–H and O–H groups in total. The Labute approximate surface area is 318 Å². The van der Waals surface area contributed by atoms with Crippen LogP contribution in [0.4, 0.5) is 0 Å². The number of aryl methyl sites for hydroxylation is 2. The van der Waals surface area contributed by atoms with Crippen LogP contribution in [0.15, 0.2) is 54.6 Å². The molecule has 0 unspecified atom stereocenters. The van der Waals surface area contributed by atoms with Gasteiger partial charge in [-0.3, -0.25) is 29.3 Å². The zero-order valence-electron chi connectivity index (χ0n) is 31.7. The maximum Gasteiger partial charge on any atom is 0.246 e. The highest BCUT2D eigenvalue weighted by atomic mass is 16.5. The molecular weight excluding hydrogens is 700 g/mol. The Kier molecular flexibility index (Phi) is 25.6. The first-order valence-corrected chi connectivity index (χ1v) is 18.4. The van der Waals surface area contributed by atoms with Crippen molar-refractivity contribution in [2.24, 2.45) is 0 Å². The standard InChI is InChI=1S/C39H58N4O11/c1-49-20-22-51-24-26-53-29-37(46)40-18-16-34(42-38(47)30-54-27-25-52-23-21-50-2)39(48)41-19-17-35(44)43-36(45)28-33-14-12-32(13-15-33)11-7-6-10-31-8-4-3-5-9-31/h3-5,8-9,12-15,34H,6-7,10-11,16-30H2,1-2H3,(H,40,46)(H,41,48)(H,42,47)(H,43,44,45)/t34-/m0/s1. The van der Waals surface area contributed by atoms with Gasteiger partial charge < -0.3 is 44.4 Å². The Hall–Kier alpha value is -4.25. The molecule has 0 aliphatic rings. The minimum absolute atomic E-state index is 0.0424. The highest BCUT2D eigenvalue weighted by Gasteiger charge is 2.21. The van der Waals surface area contributed by atoms with Gasteiger partial charge in [-0.2, -0.15) is 0 Å². The SMILES string of the molecule is COCCOCCOCC(=O)NCC[C@H](NC(=O)COCCOCCOC)C(=O)NCCC(=O)NC(=O)Cc1ccc(CCCCc2ccccc2)cc1. The third-order valence-electron chi connectivity index (χ3n) is 7.82.